The van der Waals surface area contributed by atoms with Gasteiger partial charge in [0.15, 0.2) is 0 Å². The molecule has 1 aromatic carbocycles. The van der Waals surface area contributed by atoms with E-state index in [0.717, 1.165) is 17.9 Å². The number of hydrogen-bond acceptors (Lipinski definition) is 3. The summed E-state index contributed by atoms with van der Waals surface area (Å²) >= 11 is 6.16. The molecule has 0 bridgehead atoms. The number of hydrogen-bond donors (Lipinski definition) is 1. The van der Waals surface area contributed by atoms with Gasteiger partial charge >= 0.3 is 5.97 Å². The number of carbonyl (C=O) groups excluding carboxylic acids is 1. The summed E-state index contributed by atoms with van der Waals surface area (Å²) in [5, 5.41) is 4.10. The molecule has 0 amide bonds. The second-order valence-electron chi connectivity index (χ2n) is 4.80. The van der Waals surface area contributed by atoms with E-state index in [1.165, 1.54) is 12.7 Å². The van der Waals surface area contributed by atoms with Gasteiger partial charge < -0.3 is 10.1 Å². The Balaban J connectivity index is 1.84. The summed E-state index contributed by atoms with van der Waals surface area (Å²) in [6, 6.07) is 8.09. The highest BCUT2D eigenvalue weighted by Gasteiger charge is 2.33. The number of benzene rings is 1. The number of esters is 1. The fourth-order valence-electron chi connectivity index (χ4n) is 2.41. The Bertz CT molecular complexity index is 430. The van der Waals surface area contributed by atoms with E-state index in [0.29, 0.717) is 12.0 Å². The van der Waals surface area contributed by atoms with E-state index in [2.05, 4.69) is 16.1 Å². The van der Waals surface area contributed by atoms with Crippen molar-refractivity contribution in [3.05, 3.63) is 34.9 Å². The van der Waals surface area contributed by atoms with Crippen molar-refractivity contribution in [1.29, 1.82) is 0 Å². The molecule has 0 aromatic heterocycles. The van der Waals surface area contributed by atoms with Gasteiger partial charge in [-0.1, -0.05) is 29.8 Å². The lowest BCUT2D eigenvalue weighted by Crippen LogP contribution is -2.47. The van der Waals surface area contributed by atoms with Crippen LogP contribution >= 0.6 is 11.6 Å². The molecular formula is C14H18ClNO2. The highest BCUT2D eigenvalue weighted by atomic mass is 35.5. The van der Waals surface area contributed by atoms with E-state index >= 15 is 0 Å². The Labute approximate surface area is 112 Å². The second kappa shape index (κ2) is 5.72. The van der Waals surface area contributed by atoms with Crippen molar-refractivity contribution in [2.24, 2.45) is 0 Å². The summed E-state index contributed by atoms with van der Waals surface area (Å²) in [6.07, 6.45) is 2.04. The van der Waals surface area contributed by atoms with Crippen molar-refractivity contribution in [2.75, 3.05) is 7.11 Å². The van der Waals surface area contributed by atoms with Crippen LogP contribution in [-0.4, -0.2) is 25.2 Å². The Hall–Kier alpha value is -1.06. The summed E-state index contributed by atoms with van der Waals surface area (Å²) in [5.41, 5.74) is 1.21. The van der Waals surface area contributed by atoms with Crippen molar-refractivity contribution in [1.82, 2.24) is 5.32 Å². The van der Waals surface area contributed by atoms with Crippen LogP contribution in [0, 0.1) is 0 Å². The van der Waals surface area contributed by atoms with Crippen LogP contribution in [0.1, 0.15) is 31.2 Å². The molecule has 1 N–H and O–H groups in total. The molecule has 1 fully saturated rings. The predicted octanol–water partition coefficient (Wildman–Crippen LogP) is 2.74. The zero-order valence-electron chi connectivity index (χ0n) is 10.7. The fourth-order valence-corrected chi connectivity index (χ4v) is 2.70. The summed E-state index contributed by atoms with van der Waals surface area (Å²) < 4.78 is 4.69. The first-order chi connectivity index (χ1) is 8.61. The first-order valence-corrected chi connectivity index (χ1v) is 6.58. The van der Waals surface area contributed by atoms with Crippen LogP contribution in [0.15, 0.2) is 24.3 Å². The molecule has 0 saturated heterocycles. The maximum atomic E-state index is 11.3. The normalized spacial score (nSPS) is 24.2. The van der Waals surface area contributed by atoms with E-state index in [-0.39, 0.29) is 12.0 Å². The maximum Gasteiger partial charge on any atom is 0.322 e. The molecule has 1 aliphatic rings. The van der Waals surface area contributed by atoms with Gasteiger partial charge in [-0.15, -0.1) is 0 Å². The van der Waals surface area contributed by atoms with Crippen LogP contribution in [0.3, 0.4) is 0 Å². The molecule has 1 unspecified atom stereocenters. The van der Waals surface area contributed by atoms with E-state index in [1.807, 2.05) is 25.1 Å². The quantitative estimate of drug-likeness (QED) is 0.853. The number of halogens is 1. The van der Waals surface area contributed by atoms with Crippen LogP contribution in [0.4, 0.5) is 0 Å². The van der Waals surface area contributed by atoms with Gasteiger partial charge in [0, 0.05) is 11.1 Å². The smallest absolute Gasteiger partial charge is 0.322 e. The number of ether oxygens (including phenoxy) is 1. The molecule has 1 atom stereocenters. The number of nitrogens with one attached hydrogen (secondary N) is 1. The van der Waals surface area contributed by atoms with E-state index < -0.39 is 0 Å². The molecule has 3 nitrogen and oxygen atoms in total. The Morgan fingerprint density at radius 1 is 1.44 bits per heavy atom. The third kappa shape index (κ3) is 2.85. The SMILES string of the molecule is COC(=O)C(C)NC1CC(c2ccccc2Cl)C1. The maximum absolute atomic E-state index is 11.3. The molecular weight excluding hydrogens is 250 g/mol. The molecule has 1 aliphatic carbocycles. The summed E-state index contributed by atoms with van der Waals surface area (Å²) in [6.45, 7) is 1.83. The molecule has 98 valence electrons. The zero-order chi connectivity index (χ0) is 13.1. The minimum Gasteiger partial charge on any atom is -0.468 e. The van der Waals surface area contributed by atoms with Crippen LogP contribution < -0.4 is 5.32 Å². The van der Waals surface area contributed by atoms with Gasteiger partial charge in [0.2, 0.25) is 0 Å². The molecule has 1 aromatic rings. The molecule has 0 aliphatic heterocycles. The number of rotatable bonds is 4. The summed E-state index contributed by atoms with van der Waals surface area (Å²) in [4.78, 5) is 11.3. The lowest BCUT2D eigenvalue weighted by Gasteiger charge is -2.38. The number of carbonyl (C=O) groups is 1. The van der Waals surface area contributed by atoms with E-state index in [1.54, 1.807) is 0 Å². The van der Waals surface area contributed by atoms with Crippen molar-refractivity contribution in [3.8, 4) is 0 Å². The topological polar surface area (TPSA) is 38.3 Å². The van der Waals surface area contributed by atoms with E-state index in [9.17, 15) is 4.79 Å². The molecule has 1 saturated carbocycles. The molecule has 4 heteroatoms. The first-order valence-electron chi connectivity index (χ1n) is 6.20. The van der Waals surface area contributed by atoms with Crippen molar-refractivity contribution >= 4 is 17.6 Å². The fraction of sp³-hybridized carbons (Fsp3) is 0.500. The Kier molecular flexibility index (Phi) is 4.25. The van der Waals surface area contributed by atoms with Crippen LogP contribution in [0.2, 0.25) is 5.02 Å². The zero-order valence-corrected chi connectivity index (χ0v) is 11.4. The van der Waals surface area contributed by atoms with Crippen LogP contribution in [0.25, 0.3) is 0 Å². The second-order valence-corrected chi connectivity index (χ2v) is 5.21. The molecule has 0 radical (unpaired) electrons. The molecule has 0 heterocycles. The Morgan fingerprint density at radius 3 is 2.72 bits per heavy atom. The van der Waals surface area contributed by atoms with Gasteiger partial charge in [0.25, 0.3) is 0 Å². The lowest BCUT2D eigenvalue weighted by molar-refractivity contribution is -0.143. The first kappa shape index (κ1) is 13.4. The highest BCUT2D eigenvalue weighted by Crippen LogP contribution is 2.39. The molecule has 0 spiro atoms. The minimum atomic E-state index is -0.243. The summed E-state index contributed by atoms with van der Waals surface area (Å²) in [5.74, 6) is 0.289. The van der Waals surface area contributed by atoms with Crippen molar-refractivity contribution in [2.45, 2.75) is 37.8 Å². The van der Waals surface area contributed by atoms with E-state index in [4.69, 9.17) is 11.6 Å². The van der Waals surface area contributed by atoms with Gasteiger partial charge in [-0.05, 0) is 37.3 Å². The van der Waals surface area contributed by atoms with Crippen molar-refractivity contribution < 1.29 is 9.53 Å². The number of methoxy groups -OCH3 is 1. The third-order valence-electron chi connectivity index (χ3n) is 3.52. The molecule has 18 heavy (non-hydrogen) atoms. The minimum absolute atomic E-state index is 0.212. The predicted molar refractivity (Wildman–Crippen MR) is 71.8 cm³/mol. The third-order valence-corrected chi connectivity index (χ3v) is 3.87. The van der Waals surface area contributed by atoms with Gasteiger partial charge in [-0.25, -0.2) is 0 Å². The van der Waals surface area contributed by atoms with Gasteiger partial charge in [0.05, 0.1) is 7.11 Å². The molecule has 2 rings (SSSR count). The highest BCUT2D eigenvalue weighted by molar-refractivity contribution is 6.31. The lowest BCUT2D eigenvalue weighted by atomic mass is 9.75. The largest absolute Gasteiger partial charge is 0.468 e. The van der Waals surface area contributed by atoms with Crippen LogP contribution in [0.5, 0.6) is 0 Å². The van der Waals surface area contributed by atoms with Crippen molar-refractivity contribution in [3.63, 3.8) is 0 Å². The van der Waals surface area contributed by atoms with Gasteiger partial charge in [-0.3, -0.25) is 4.79 Å². The Morgan fingerprint density at radius 2 is 2.11 bits per heavy atom. The standard InChI is InChI=1S/C14H18ClNO2/c1-9(14(17)18-2)16-11-7-10(8-11)12-5-3-4-6-13(12)15/h3-6,9-11,16H,7-8H2,1-2H3. The summed E-state index contributed by atoms with van der Waals surface area (Å²) in [7, 11) is 1.41. The monoisotopic (exact) mass is 267 g/mol. The average Bonchev–Trinajstić information content (AvgIpc) is 2.33. The average molecular weight is 268 g/mol. The van der Waals surface area contributed by atoms with Gasteiger partial charge in [-0.2, -0.15) is 0 Å². The van der Waals surface area contributed by atoms with Gasteiger partial charge in [0.1, 0.15) is 6.04 Å². The van der Waals surface area contributed by atoms with Crippen LogP contribution in [-0.2, 0) is 9.53 Å².